The molecule has 5 heteroatoms. The minimum atomic E-state index is -0.510. The molecular weight excluding hydrogens is 210 g/mol. The number of nitrogens with two attached hydrogens (primary N) is 1. The molecule has 0 aliphatic heterocycles. The van der Waals surface area contributed by atoms with E-state index >= 15 is 0 Å². The van der Waals surface area contributed by atoms with E-state index in [1.54, 1.807) is 12.1 Å². The molecule has 1 rings (SSSR count). The third-order valence-electron chi connectivity index (χ3n) is 1.87. The molecule has 0 fully saturated rings. The van der Waals surface area contributed by atoms with Gasteiger partial charge in [-0.25, -0.2) is 4.79 Å². The molecule has 5 nitrogen and oxygen atoms in total. The minimum absolute atomic E-state index is 0.0219. The number of aliphatic hydroxyl groups excluding tert-OH is 1. The summed E-state index contributed by atoms with van der Waals surface area (Å²) in [5.41, 5.74) is 6.42. The molecule has 16 heavy (non-hydrogen) atoms. The number of rotatable bonds is 5. The Morgan fingerprint density at radius 1 is 1.50 bits per heavy atom. The van der Waals surface area contributed by atoms with Gasteiger partial charge in [0.15, 0.2) is 0 Å². The van der Waals surface area contributed by atoms with Gasteiger partial charge in [-0.05, 0) is 25.1 Å². The van der Waals surface area contributed by atoms with E-state index in [-0.39, 0.29) is 13.2 Å². The minimum Gasteiger partial charge on any atom is -0.492 e. The van der Waals surface area contributed by atoms with E-state index in [2.05, 4.69) is 0 Å². The van der Waals surface area contributed by atoms with Crippen LogP contribution in [0, 0.1) is 0 Å². The number of nitrogen functional groups attached to an aromatic ring is 1. The highest BCUT2D eigenvalue weighted by molar-refractivity contribution is 5.91. The fraction of sp³-hybridized carbons (Fsp3) is 0.364. The van der Waals surface area contributed by atoms with Crippen LogP contribution in [0.5, 0.6) is 5.75 Å². The molecule has 1 aromatic rings. The zero-order valence-corrected chi connectivity index (χ0v) is 9.10. The molecule has 0 aliphatic rings. The lowest BCUT2D eigenvalue weighted by molar-refractivity contribution is 0.0434. The van der Waals surface area contributed by atoms with E-state index in [0.29, 0.717) is 23.6 Å². The first-order chi connectivity index (χ1) is 7.69. The largest absolute Gasteiger partial charge is 0.492 e. The SMILES string of the molecule is CCOc1ccc(C(=O)OCCO)cc1N. The van der Waals surface area contributed by atoms with Crippen molar-refractivity contribution in [2.75, 3.05) is 25.6 Å². The zero-order chi connectivity index (χ0) is 12.0. The number of anilines is 1. The summed E-state index contributed by atoms with van der Waals surface area (Å²) >= 11 is 0. The fourth-order valence-corrected chi connectivity index (χ4v) is 1.18. The first kappa shape index (κ1) is 12.3. The van der Waals surface area contributed by atoms with Crippen molar-refractivity contribution in [3.05, 3.63) is 23.8 Å². The van der Waals surface area contributed by atoms with Crippen molar-refractivity contribution in [2.24, 2.45) is 0 Å². The first-order valence-corrected chi connectivity index (χ1v) is 4.99. The van der Waals surface area contributed by atoms with Crippen LogP contribution in [0.2, 0.25) is 0 Å². The van der Waals surface area contributed by atoms with Crippen LogP contribution >= 0.6 is 0 Å². The molecule has 3 N–H and O–H groups in total. The zero-order valence-electron chi connectivity index (χ0n) is 9.10. The highest BCUT2D eigenvalue weighted by Crippen LogP contribution is 2.22. The number of esters is 1. The van der Waals surface area contributed by atoms with Gasteiger partial charge in [0, 0.05) is 0 Å². The van der Waals surface area contributed by atoms with E-state index in [0.717, 1.165) is 0 Å². The molecule has 1 aromatic carbocycles. The maximum Gasteiger partial charge on any atom is 0.338 e. The number of hydrogen-bond acceptors (Lipinski definition) is 5. The summed E-state index contributed by atoms with van der Waals surface area (Å²) in [6, 6.07) is 4.68. The van der Waals surface area contributed by atoms with Gasteiger partial charge in [0.25, 0.3) is 0 Å². The Bertz CT molecular complexity index is 365. The number of ether oxygens (including phenoxy) is 2. The van der Waals surface area contributed by atoms with Gasteiger partial charge in [0.1, 0.15) is 12.4 Å². The number of carbonyl (C=O) groups is 1. The maximum absolute atomic E-state index is 11.4. The van der Waals surface area contributed by atoms with Crippen molar-refractivity contribution in [2.45, 2.75) is 6.92 Å². The molecule has 88 valence electrons. The van der Waals surface area contributed by atoms with E-state index < -0.39 is 5.97 Å². The van der Waals surface area contributed by atoms with Crippen LogP contribution in [-0.2, 0) is 4.74 Å². The van der Waals surface area contributed by atoms with Gasteiger partial charge < -0.3 is 20.3 Å². The Balaban J connectivity index is 2.76. The van der Waals surface area contributed by atoms with Crippen LogP contribution in [0.3, 0.4) is 0 Å². The molecule has 0 saturated carbocycles. The molecule has 0 saturated heterocycles. The molecule has 0 radical (unpaired) electrons. The lowest BCUT2D eigenvalue weighted by Gasteiger charge is -2.08. The van der Waals surface area contributed by atoms with Crippen molar-refractivity contribution < 1.29 is 19.4 Å². The average Bonchev–Trinajstić information content (AvgIpc) is 2.29. The van der Waals surface area contributed by atoms with Crippen molar-refractivity contribution in [1.82, 2.24) is 0 Å². The first-order valence-electron chi connectivity index (χ1n) is 4.99. The van der Waals surface area contributed by atoms with Gasteiger partial charge >= 0.3 is 5.97 Å². The lowest BCUT2D eigenvalue weighted by Crippen LogP contribution is -2.09. The second kappa shape index (κ2) is 5.97. The van der Waals surface area contributed by atoms with Gasteiger partial charge in [-0.1, -0.05) is 0 Å². The second-order valence-corrected chi connectivity index (χ2v) is 3.05. The van der Waals surface area contributed by atoms with Crippen molar-refractivity contribution in [1.29, 1.82) is 0 Å². The number of aliphatic hydroxyl groups is 1. The Morgan fingerprint density at radius 3 is 2.81 bits per heavy atom. The van der Waals surface area contributed by atoms with Gasteiger partial charge in [0.05, 0.1) is 24.5 Å². The number of hydrogen-bond donors (Lipinski definition) is 2. The van der Waals surface area contributed by atoms with Crippen molar-refractivity contribution in [3.8, 4) is 5.75 Å². The average molecular weight is 225 g/mol. The normalized spacial score (nSPS) is 9.88. The summed E-state index contributed by atoms with van der Waals surface area (Å²) in [5, 5.41) is 8.51. The van der Waals surface area contributed by atoms with Crippen LogP contribution in [0.25, 0.3) is 0 Å². The van der Waals surface area contributed by atoms with Crippen LogP contribution in [-0.4, -0.2) is 30.9 Å². The topological polar surface area (TPSA) is 81.8 Å². The molecule has 0 unspecified atom stereocenters. The van der Waals surface area contributed by atoms with E-state index in [9.17, 15) is 4.79 Å². The Kier molecular flexibility index (Phi) is 4.60. The van der Waals surface area contributed by atoms with Gasteiger partial charge in [-0.3, -0.25) is 0 Å². The molecule has 0 bridgehead atoms. The standard InChI is InChI=1S/C11H15NO4/c1-2-15-10-4-3-8(7-9(10)12)11(14)16-6-5-13/h3-4,7,13H,2,5-6,12H2,1H3. The summed E-state index contributed by atoms with van der Waals surface area (Å²) in [4.78, 5) is 11.4. The monoisotopic (exact) mass is 225 g/mol. The third-order valence-corrected chi connectivity index (χ3v) is 1.87. The summed E-state index contributed by atoms with van der Waals surface area (Å²) < 4.78 is 9.98. The van der Waals surface area contributed by atoms with E-state index in [4.69, 9.17) is 20.3 Å². The van der Waals surface area contributed by atoms with E-state index in [1.165, 1.54) is 6.07 Å². The Hall–Kier alpha value is -1.75. The van der Waals surface area contributed by atoms with Gasteiger partial charge in [0.2, 0.25) is 0 Å². The maximum atomic E-state index is 11.4. The number of benzene rings is 1. The summed E-state index contributed by atoms with van der Waals surface area (Å²) in [5.74, 6) is 0.0324. The second-order valence-electron chi connectivity index (χ2n) is 3.05. The lowest BCUT2D eigenvalue weighted by atomic mass is 10.2. The predicted octanol–water partition coefficient (Wildman–Crippen LogP) is 0.817. The van der Waals surface area contributed by atoms with Crippen molar-refractivity contribution in [3.63, 3.8) is 0 Å². The predicted molar refractivity (Wildman–Crippen MR) is 59.4 cm³/mol. The number of carbonyl (C=O) groups excluding carboxylic acids is 1. The highest BCUT2D eigenvalue weighted by atomic mass is 16.5. The van der Waals surface area contributed by atoms with Gasteiger partial charge in [-0.15, -0.1) is 0 Å². The Morgan fingerprint density at radius 2 is 2.25 bits per heavy atom. The summed E-state index contributed by atoms with van der Waals surface area (Å²) in [6.07, 6.45) is 0. The van der Waals surface area contributed by atoms with Crippen LogP contribution in [0.4, 0.5) is 5.69 Å². The van der Waals surface area contributed by atoms with Gasteiger partial charge in [-0.2, -0.15) is 0 Å². The third kappa shape index (κ3) is 3.13. The highest BCUT2D eigenvalue weighted by Gasteiger charge is 2.09. The molecule has 0 amide bonds. The summed E-state index contributed by atoms with van der Waals surface area (Å²) in [6.45, 7) is 2.14. The van der Waals surface area contributed by atoms with E-state index in [1.807, 2.05) is 6.92 Å². The molecule has 0 aromatic heterocycles. The smallest absolute Gasteiger partial charge is 0.338 e. The fourth-order valence-electron chi connectivity index (χ4n) is 1.18. The van der Waals surface area contributed by atoms with Crippen LogP contribution in [0.1, 0.15) is 17.3 Å². The molecule has 0 spiro atoms. The molecule has 0 atom stereocenters. The quantitative estimate of drug-likeness (QED) is 0.572. The van der Waals surface area contributed by atoms with Crippen LogP contribution in [0.15, 0.2) is 18.2 Å². The van der Waals surface area contributed by atoms with Crippen LogP contribution < -0.4 is 10.5 Å². The molecular formula is C11H15NO4. The molecule has 0 aliphatic carbocycles. The summed E-state index contributed by atoms with van der Waals surface area (Å²) in [7, 11) is 0. The molecule has 0 heterocycles. The van der Waals surface area contributed by atoms with Crippen molar-refractivity contribution >= 4 is 11.7 Å². The Labute approximate surface area is 93.8 Å².